The number of rotatable bonds is 15. The van der Waals surface area contributed by atoms with E-state index in [1.165, 1.54) is 11.8 Å². The van der Waals surface area contributed by atoms with Crippen molar-refractivity contribution in [1.29, 1.82) is 0 Å². The fraction of sp³-hybridized carbons (Fsp3) is 0.625. The van der Waals surface area contributed by atoms with Gasteiger partial charge in [0.15, 0.2) is 0 Å². The zero-order valence-corrected chi connectivity index (χ0v) is 17.1. The maximum atomic E-state index is 12.5. The van der Waals surface area contributed by atoms with Crippen LogP contribution in [0.1, 0.15) is 25.7 Å². The van der Waals surface area contributed by atoms with Gasteiger partial charge in [-0.1, -0.05) is 0 Å². The van der Waals surface area contributed by atoms with Crippen molar-refractivity contribution in [2.45, 2.75) is 43.8 Å². The first kappa shape index (κ1) is 27.1. The number of thioether (sulfide) groups is 1. The summed E-state index contributed by atoms with van der Waals surface area (Å²) in [4.78, 5) is 68.9. The number of hydrogen-bond donors (Lipinski definition) is 7. The van der Waals surface area contributed by atoms with Gasteiger partial charge >= 0.3 is 17.9 Å². The molecule has 0 heterocycles. The maximum Gasteiger partial charge on any atom is 0.322 e. The van der Waals surface area contributed by atoms with Gasteiger partial charge in [-0.2, -0.15) is 11.8 Å². The van der Waals surface area contributed by atoms with E-state index in [2.05, 4.69) is 10.6 Å². The molecule has 0 saturated heterocycles. The van der Waals surface area contributed by atoms with Gasteiger partial charge in [-0.05, 0) is 24.9 Å². The Morgan fingerprint density at radius 2 is 1.43 bits per heavy atom. The van der Waals surface area contributed by atoms with Crippen molar-refractivity contribution in [3.63, 3.8) is 0 Å². The highest BCUT2D eigenvalue weighted by Crippen LogP contribution is 2.04. The standard InChI is InChI=1S/C16H26N4O9S/c1-30-5-4-9(19-14(27)8(17)2-3-11(21)22)16(29)20-10(6-12(23)24)15(28)18-7-13(25)26/h8-10H,2-7,17H2,1H3,(H,18,28)(H,19,27)(H,20,29)(H,21,22)(H,23,24)(H,25,26). The Hall–Kier alpha value is -2.87. The summed E-state index contributed by atoms with van der Waals surface area (Å²) in [5.41, 5.74) is 5.62. The van der Waals surface area contributed by atoms with E-state index in [4.69, 9.17) is 21.1 Å². The molecule has 0 aliphatic carbocycles. The predicted octanol–water partition coefficient (Wildman–Crippen LogP) is -2.42. The number of carboxylic acids is 3. The molecule has 0 aliphatic heterocycles. The molecule has 0 saturated carbocycles. The molecule has 170 valence electrons. The van der Waals surface area contributed by atoms with E-state index >= 15 is 0 Å². The van der Waals surface area contributed by atoms with Gasteiger partial charge in [0.05, 0.1) is 12.5 Å². The van der Waals surface area contributed by atoms with Crippen molar-refractivity contribution in [2.24, 2.45) is 5.73 Å². The van der Waals surface area contributed by atoms with Gasteiger partial charge in [0, 0.05) is 6.42 Å². The van der Waals surface area contributed by atoms with Crippen molar-refractivity contribution in [2.75, 3.05) is 18.6 Å². The van der Waals surface area contributed by atoms with Gasteiger partial charge in [-0.3, -0.25) is 28.8 Å². The minimum Gasteiger partial charge on any atom is -0.481 e. The van der Waals surface area contributed by atoms with Crippen LogP contribution in [-0.2, 0) is 28.8 Å². The lowest BCUT2D eigenvalue weighted by molar-refractivity contribution is -0.142. The third kappa shape index (κ3) is 11.9. The molecule has 0 fully saturated rings. The van der Waals surface area contributed by atoms with E-state index in [-0.39, 0.29) is 19.3 Å². The van der Waals surface area contributed by atoms with Gasteiger partial charge in [0.2, 0.25) is 17.7 Å². The lowest BCUT2D eigenvalue weighted by Crippen LogP contribution is -2.56. The molecule has 0 aliphatic rings. The first-order valence-corrected chi connectivity index (χ1v) is 10.2. The normalized spacial score (nSPS) is 13.4. The first-order chi connectivity index (χ1) is 14.0. The predicted molar refractivity (Wildman–Crippen MR) is 105 cm³/mol. The summed E-state index contributed by atoms with van der Waals surface area (Å²) in [6.45, 7) is -0.768. The third-order valence-electron chi connectivity index (χ3n) is 3.68. The lowest BCUT2D eigenvalue weighted by Gasteiger charge is -2.23. The summed E-state index contributed by atoms with van der Waals surface area (Å²) >= 11 is 1.37. The quantitative estimate of drug-likeness (QED) is 0.139. The first-order valence-electron chi connectivity index (χ1n) is 8.76. The molecule has 0 rings (SSSR count). The molecule has 0 radical (unpaired) electrons. The average molecular weight is 450 g/mol. The summed E-state index contributed by atoms with van der Waals surface area (Å²) < 4.78 is 0. The molecule has 0 aromatic rings. The maximum absolute atomic E-state index is 12.5. The second-order valence-electron chi connectivity index (χ2n) is 6.15. The van der Waals surface area contributed by atoms with Crippen LogP contribution in [0.15, 0.2) is 0 Å². The Labute approximate surface area is 176 Å². The van der Waals surface area contributed by atoms with Crippen LogP contribution in [0, 0.1) is 0 Å². The molecule has 8 N–H and O–H groups in total. The smallest absolute Gasteiger partial charge is 0.322 e. The van der Waals surface area contributed by atoms with Crippen molar-refractivity contribution in [1.82, 2.24) is 16.0 Å². The topological polar surface area (TPSA) is 225 Å². The molecule has 0 aromatic heterocycles. The van der Waals surface area contributed by atoms with E-state index in [0.29, 0.717) is 5.75 Å². The summed E-state index contributed by atoms with van der Waals surface area (Å²) in [5, 5.41) is 32.7. The molecule has 13 nitrogen and oxygen atoms in total. The highest BCUT2D eigenvalue weighted by molar-refractivity contribution is 7.98. The molecular formula is C16H26N4O9S. The Balaban J connectivity index is 5.18. The Bertz CT molecular complexity index is 659. The van der Waals surface area contributed by atoms with Crippen LogP contribution in [0.25, 0.3) is 0 Å². The molecule has 14 heteroatoms. The molecule has 0 spiro atoms. The van der Waals surface area contributed by atoms with Crippen molar-refractivity contribution in [3.8, 4) is 0 Å². The summed E-state index contributed by atoms with van der Waals surface area (Å²) in [6.07, 6.45) is 0.569. The van der Waals surface area contributed by atoms with Gasteiger partial charge in [-0.15, -0.1) is 0 Å². The van der Waals surface area contributed by atoms with E-state index in [0.717, 1.165) is 0 Å². The second-order valence-corrected chi connectivity index (χ2v) is 7.14. The van der Waals surface area contributed by atoms with Crippen LogP contribution in [0.4, 0.5) is 0 Å². The molecule has 0 aromatic carbocycles. The van der Waals surface area contributed by atoms with Crippen LogP contribution < -0.4 is 21.7 Å². The molecule has 3 atom stereocenters. The van der Waals surface area contributed by atoms with Gasteiger partial charge < -0.3 is 37.0 Å². The highest BCUT2D eigenvalue weighted by Gasteiger charge is 2.29. The minimum absolute atomic E-state index is 0.126. The number of carboxylic acid groups (broad SMARTS) is 3. The van der Waals surface area contributed by atoms with Crippen molar-refractivity contribution < 1.29 is 44.1 Å². The molecule has 3 amide bonds. The van der Waals surface area contributed by atoms with Crippen LogP contribution in [0.2, 0.25) is 0 Å². The van der Waals surface area contributed by atoms with E-state index in [1.54, 1.807) is 6.26 Å². The van der Waals surface area contributed by atoms with Gasteiger partial charge in [-0.25, -0.2) is 0 Å². The SMILES string of the molecule is CSCCC(NC(=O)C(N)CCC(=O)O)C(=O)NC(CC(=O)O)C(=O)NCC(=O)O. The number of carbonyl (C=O) groups is 6. The average Bonchev–Trinajstić information content (AvgIpc) is 2.65. The Morgan fingerprint density at radius 1 is 0.833 bits per heavy atom. The fourth-order valence-electron chi connectivity index (χ4n) is 2.14. The fourth-order valence-corrected chi connectivity index (χ4v) is 2.61. The Kier molecular flexibility index (Phi) is 12.8. The number of hydrogen-bond acceptors (Lipinski definition) is 8. The number of amides is 3. The lowest BCUT2D eigenvalue weighted by atomic mass is 10.1. The number of nitrogens with one attached hydrogen (secondary N) is 3. The number of nitrogens with two attached hydrogens (primary N) is 1. The minimum atomic E-state index is -1.57. The third-order valence-corrected chi connectivity index (χ3v) is 4.32. The van der Waals surface area contributed by atoms with Crippen LogP contribution >= 0.6 is 11.8 Å². The summed E-state index contributed by atoms with van der Waals surface area (Å²) in [5.74, 6) is -6.13. The number of carbonyl (C=O) groups excluding carboxylic acids is 3. The van der Waals surface area contributed by atoms with Crippen molar-refractivity contribution in [3.05, 3.63) is 0 Å². The van der Waals surface area contributed by atoms with Gasteiger partial charge in [0.25, 0.3) is 0 Å². The zero-order valence-electron chi connectivity index (χ0n) is 16.3. The summed E-state index contributed by atoms with van der Waals surface area (Å²) in [7, 11) is 0. The molecule has 30 heavy (non-hydrogen) atoms. The number of aliphatic carboxylic acids is 3. The van der Waals surface area contributed by atoms with Crippen LogP contribution in [0.3, 0.4) is 0 Å². The molecule has 3 unspecified atom stereocenters. The van der Waals surface area contributed by atoms with E-state index in [1.807, 2.05) is 5.32 Å². The van der Waals surface area contributed by atoms with Crippen LogP contribution in [-0.4, -0.2) is 87.6 Å². The zero-order chi connectivity index (χ0) is 23.3. The van der Waals surface area contributed by atoms with E-state index in [9.17, 15) is 28.8 Å². The van der Waals surface area contributed by atoms with E-state index < -0.39 is 66.7 Å². The van der Waals surface area contributed by atoms with Gasteiger partial charge in [0.1, 0.15) is 18.6 Å². The van der Waals surface area contributed by atoms with Crippen LogP contribution in [0.5, 0.6) is 0 Å². The Morgan fingerprint density at radius 3 is 1.93 bits per heavy atom. The monoisotopic (exact) mass is 450 g/mol. The summed E-state index contributed by atoms with van der Waals surface area (Å²) in [6, 6.07) is -3.91. The largest absolute Gasteiger partial charge is 0.481 e. The van der Waals surface area contributed by atoms with Crippen molar-refractivity contribution >= 4 is 47.4 Å². The highest BCUT2D eigenvalue weighted by atomic mass is 32.2. The molecule has 0 bridgehead atoms. The second kappa shape index (κ2) is 14.2. The molecular weight excluding hydrogens is 424 g/mol.